The Labute approximate surface area is 172 Å². The fraction of sp³-hybridized carbons (Fsp3) is 0.286. The summed E-state index contributed by atoms with van der Waals surface area (Å²) in [6.07, 6.45) is -0.481. The maximum atomic E-state index is 12.6. The van der Waals surface area contributed by atoms with E-state index < -0.39 is 11.4 Å². The summed E-state index contributed by atoms with van der Waals surface area (Å²) < 4.78 is 17.3. The maximum Gasteiger partial charge on any atom is 0.277 e. The summed E-state index contributed by atoms with van der Waals surface area (Å²) in [5.41, 5.74) is 2.87. The van der Waals surface area contributed by atoms with Gasteiger partial charge in [-0.1, -0.05) is 42.1 Å². The lowest BCUT2D eigenvalue weighted by Crippen LogP contribution is -2.23. The van der Waals surface area contributed by atoms with Crippen molar-refractivity contribution in [2.24, 2.45) is 0 Å². The SMILES string of the molecule is Cc1cccc(C)c1NC(=O)[C@H](C)Sc1nnc([C@H]2COc3ccccc3O2)o1. The molecule has 2 aromatic carbocycles. The second-order valence-electron chi connectivity index (χ2n) is 6.79. The molecule has 7 nitrogen and oxygen atoms in total. The van der Waals surface area contributed by atoms with Gasteiger partial charge in [0, 0.05) is 5.69 Å². The van der Waals surface area contributed by atoms with Crippen molar-refractivity contribution in [1.29, 1.82) is 0 Å². The van der Waals surface area contributed by atoms with Gasteiger partial charge in [-0.2, -0.15) is 0 Å². The van der Waals surface area contributed by atoms with E-state index in [9.17, 15) is 4.79 Å². The number of thioether (sulfide) groups is 1. The van der Waals surface area contributed by atoms with E-state index in [0.29, 0.717) is 22.6 Å². The van der Waals surface area contributed by atoms with Crippen LogP contribution >= 0.6 is 11.8 Å². The van der Waals surface area contributed by atoms with Crippen molar-refractivity contribution in [3.05, 3.63) is 59.5 Å². The van der Waals surface area contributed by atoms with E-state index >= 15 is 0 Å². The standard InChI is InChI=1S/C21H21N3O4S/c1-12-7-6-8-13(2)18(12)22-19(25)14(3)29-21-24-23-20(28-21)17-11-26-15-9-4-5-10-16(15)27-17/h4-10,14,17H,11H2,1-3H3,(H,22,25)/t14-,17+/m0/s1. The smallest absolute Gasteiger partial charge is 0.277 e. The molecule has 3 aromatic rings. The minimum absolute atomic E-state index is 0.127. The molecule has 8 heteroatoms. The summed E-state index contributed by atoms with van der Waals surface area (Å²) in [5.74, 6) is 1.52. The van der Waals surface area contributed by atoms with Gasteiger partial charge in [-0.3, -0.25) is 4.79 Å². The summed E-state index contributed by atoms with van der Waals surface area (Å²) in [5, 5.41) is 11.0. The van der Waals surface area contributed by atoms with Crippen molar-refractivity contribution in [3.63, 3.8) is 0 Å². The van der Waals surface area contributed by atoms with E-state index in [1.54, 1.807) is 6.92 Å². The van der Waals surface area contributed by atoms with Crippen LogP contribution in [-0.2, 0) is 4.79 Å². The average Bonchev–Trinajstić information content (AvgIpc) is 3.18. The van der Waals surface area contributed by atoms with Gasteiger partial charge in [-0.05, 0) is 44.0 Å². The van der Waals surface area contributed by atoms with Gasteiger partial charge in [0.1, 0.15) is 6.61 Å². The zero-order valence-corrected chi connectivity index (χ0v) is 17.2. The number of anilines is 1. The zero-order valence-electron chi connectivity index (χ0n) is 16.3. The number of aryl methyl sites for hydroxylation is 2. The Morgan fingerprint density at radius 1 is 1.10 bits per heavy atom. The largest absolute Gasteiger partial charge is 0.485 e. The Balaban J connectivity index is 1.39. The van der Waals surface area contributed by atoms with Crippen molar-refractivity contribution in [2.45, 2.75) is 37.3 Å². The topological polar surface area (TPSA) is 86.5 Å². The number of nitrogens with one attached hydrogen (secondary N) is 1. The van der Waals surface area contributed by atoms with Crippen LogP contribution in [0, 0.1) is 13.8 Å². The number of carbonyl (C=O) groups excluding carboxylic acids is 1. The molecule has 29 heavy (non-hydrogen) atoms. The van der Waals surface area contributed by atoms with E-state index in [4.69, 9.17) is 13.9 Å². The molecule has 0 radical (unpaired) electrons. The monoisotopic (exact) mass is 411 g/mol. The molecule has 0 saturated heterocycles. The molecule has 1 aliphatic rings. The van der Waals surface area contributed by atoms with Gasteiger partial charge in [0.15, 0.2) is 11.5 Å². The van der Waals surface area contributed by atoms with Gasteiger partial charge in [-0.25, -0.2) is 0 Å². The third kappa shape index (κ3) is 4.22. The van der Waals surface area contributed by atoms with Crippen LogP contribution in [0.4, 0.5) is 5.69 Å². The van der Waals surface area contributed by atoms with Gasteiger partial charge in [0.05, 0.1) is 5.25 Å². The van der Waals surface area contributed by atoms with Crippen LogP contribution in [-0.4, -0.2) is 28.0 Å². The molecule has 0 unspecified atom stereocenters. The first-order chi connectivity index (χ1) is 14.0. The Morgan fingerprint density at radius 2 is 1.83 bits per heavy atom. The second-order valence-corrected chi connectivity index (χ2v) is 8.08. The number of aromatic nitrogens is 2. The predicted octanol–water partition coefficient (Wildman–Crippen LogP) is 4.32. The molecule has 1 amide bonds. The first kappa shape index (κ1) is 19.3. The molecule has 150 valence electrons. The lowest BCUT2D eigenvalue weighted by atomic mass is 10.1. The number of rotatable bonds is 5. The van der Waals surface area contributed by atoms with Crippen LogP contribution in [0.3, 0.4) is 0 Å². The average molecular weight is 411 g/mol. The molecular formula is C21H21N3O4S. The van der Waals surface area contributed by atoms with Crippen molar-refractivity contribution < 1.29 is 18.7 Å². The van der Waals surface area contributed by atoms with Gasteiger partial charge in [-0.15, -0.1) is 10.2 Å². The molecule has 0 aliphatic carbocycles. The van der Waals surface area contributed by atoms with Crippen molar-refractivity contribution in [1.82, 2.24) is 10.2 Å². The van der Waals surface area contributed by atoms with Crippen LogP contribution in [0.1, 0.15) is 30.0 Å². The summed E-state index contributed by atoms with van der Waals surface area (Å²) in [4.78, 5) is 12.6. The third-order valence-corrected chi connectivity index (χ3v) is 5.52. The van der Waals surface area contributed by atoms with Gasteiger partial charge in [0.25, 0.3) is 11.1 Å². The number of para-hydroxylation sites is 3. The second kappa shape index (κ2) is 8.16. The Morgan fingerprint density at radius 3 is 2.59 bits per heavy atom. The number of amides is 1. The predicted molar refractivity (Wildman–Crippen MR) is 109 cm³/mol. The van der Waals surface area contributed by atoms with Crippen LogP contribution in [0.5, 0.6) is 11.5 Å². The lowest BCUT2D eigenvalue weighted by Gasteiger charge is -2.23. The number of hydrogen-bond donors (Lipinski definition) is 1. The van der Waals surface area contributed by atoms with Crippen molar-refractivity contribution in [2.75, 3.05) is 11.9 Å². The third-order valence-electron chi connectivity index (χ3n) is 4.58. The Bertz CT molecular complexity index is 1020. The fourth-order valence-electron chi connectivity index (χ4n) is 2.98. The molecule has 4 rings (SSSR count). The number of fused-ring (bicyclic) bond motifs is 1. The maximum absolute atomic E-state index is 12.6. The normalized spacial score (nSPS) is 16.3. The van der Waals surface area contributed by atoms with E-state index in [0.717, 1.165) is 16.8 Å². The lowest BCUT2D eigenvalue weighted by molar-refractivity contribution is -0.115. The molecule has 1 aromatic heterocycles. The minimum atomic E-state index is -0.481. The summed E-state index contributed by atoms with van der Waals surface area (Å²) in [6.45, 7) is 6.02. The van der Waals surface area contributed by atoms with Crippen LogP contribution < -0.4 is 14.8 Å². The highest BCUT2D eigenvalue weighted by Crippen LogP contribution is 2.36. The molecule has 0 fully saturated rings. The molecule has 1 aliphatic heterocycles. The van der Waals surface area contributed by atoms with Crippen molar-refractivity contribution in [3.8, 4) is 11.5 Å². The number of hydrogen-bond acceptors (Lipinski definition) is 7. The van der Waals surface area contributed by atoms with Crippen LogP contribution in [0.2, 0.25) is 0 Å². The zero-order chi connectivity index (χ0) is 20.4. The first-order valence-electron chi connectivity index (χ1n) is 9.27. The molecular weight excluding hydrogens is 390 g/mol. The summed E-state index contributed by atoms with van der Waals surface area (Å²) in [7, 11) is 0. The van der Waals surface area contributed by atoms with E-state index in [1.165, 1.54) is 11.8 Å². The molecule has 1 N–H and O–H groups in total. The fourth-order valence-corrected chi connectivity index (χ4v) is 3.67. The molecule has 2 heterocycles. The molecule has 0 bridgehead atoms. The Kier molecular flexibility index (Phi) is 5.44. The highest BCUT2D eigenvalue weighted by molar-refractivity contribution is 8.00. The Hall–Kier alpha value is -3.00. The highest BCUT2D eigenvalue weighted by atomic mass is 32.2. The van der Waals surface area contributed by atoms with Crippen molar-refractivity contribution >= 4 is 23.4 Å². The van der Waals surface area contributed by atoms with E-state index in [2.05, 4.69) is 15.5 Å². The first-order valence-corrected chi connectivity index (χ1v) is 10.1. The van der Waals surface area contributed by atoms with E-state index in [-0.39, 0.29) is 12.5 Å². The van der Waals surface area contributed by atoms with Gasteiger partial charge in [0.2, 0.25) is 12.0 Å². The summed E-state index contributed by atoms with van der Waals surface area (Å²) in [6, 6.07) is 13.3. The number of benzene rings is 2. The van der Waals surface area contributed by atoms with Gasteiger partial charge < -0.3 is 19.2 Å². The minimum Gasteiger partial charge on any atom is -0.485 e. The molecule has 0 spiro atoms. The van der Waals surface area contributed by atoms with Gasteiger partial charge >= 0.3 is 0 Å². The number of ether oxygens (including phenoxy) is 2. The number of carbonyl (C=O) groups is 1. The highest BCUT2D eigenvalue weighted by Gasteiger charge is 2.28. The number of nitrogens with zero attached hydrogens (tertiary/aromatic N) is 2. The van der Waals surface area contributed by atoms with Crippen LogP contribution in [0.25, 0.3) is 0 Å². The quantitative estimate of drug-likeness (QED) is 0.626. The van der Waals surface area contributed by atoms with Crippen LogP contribution in [0.15, 0.2) is 52.1 Å². The molecule has 2 atom stereocenters. The summed E-state index contributed by atoms with van der Waals surface area (Å²) >= 11 is 1.20. The van der Waals surface area contributed by atoms with E-state index in [1.807, 2.05) is 56.3 Å². The molecule has 0 saturated carbocycles.